The topological polar surface area (TPSA) is 34.1 Å². The Morgan fingerprint density at radius 2 is 1.26 bits per heavy atom. The van der Waals surface area contributed by atoms with Gasteiger partial charge < -0.3 is 0 Å². The lowest BCUT2D eigenvalue weighted by Gasteiger charge is -2.00. The fourth-order valence-electron chi connectivity index (χ4n) is 1.65. The normalized spacial score (nSPS) is 11.9. The minimum atomic E-state index is -3.37. The zero-order valence-corrected chi connectivity index (χ0v) is 11.8. The summed E-state index contributed by atoms with van der Waals surface area (Å²) in [5.41, 5.74) is 3.07. The van der Waals surface area contributed by atoms with Crippen LogP contribution in [0, 0.1) is 13.8 Å². The van der Waals surface area contributed by atoms with Crippen molar-refractivity contribution in [2.24, 2.45) is 0 Å². The Labute approximate surface area is 114 Å². The highest BCUT2D eigenvalue weighted by atomic mass is 32.2. The van der Waals surface area contributed by atoms with Crippen LogP contribution in [0.3, 0.4) is 0 Å². The molecular formula is C16H16O2S. The van der Waals surface area contributed by atoms with Gasteiger partial charge in [-0.1, -0.05) is 47.5 Å². The van der Waals surface area contributed by atoms with Gasteiger partial charge in [-0.25, -0.2) is 8.42 Å². The first-order chi connectivity index (χ1) is 8.97. The van der Waals surface area contributed by atoms with Gasteiger partial charge in [-0.15, -0.1) is 0 Å². The molecule has 2 nitrogen and oxygen atoms in total. The lowest BCUT2D eigenvalue weighted by atomic mass is 10.2. The third-order valence-corrected chi connectivity index (χ3v) is 4.29. The monoisotopic (exact) mass is 272 g/mol. The largest absolute Gasteiger partial charge is 0.219 e. The Morgan fingerprint density at radius 1 is 0.789 bits per heavy atom. The Bertz CT molecular complexity index is 679. The maximum absolute atomic E-state index is 12.1. The summed E-state index contributed by atoms with van der Waals surface area (Å²) in [6, 6.07) is 14.6. The molecule has 3 heteroatoms. The molecule has 0 amide bonds. The maximum Gasteiger partial charge on any atom is 0.199 e. The molecule has 0 N–H and O–H groups in total. The molecule has 2 aromatic rings. The summed E-state index contributed by atoms with van der Waals surface area (Å²) in [7, 11) is -3.37. The van der Waals surface area contributed by atoms with Crippen molar-refractivity contribution >= 4 is 15.9 Å². The van der Waals surface area contributed by atoms with Crippen molar-refractivity contribution in [3.8, 4) is 0 Å². The molecule has 19 heavy (non-hydrogen) atoms. The average molecular weight is 272 g/mol. The van der Waals surface area contributed by atoms with Crippen LogP contribution in [0.25, 0.3) is 6.08 Å². The van der Waals surface area contributed by atoms with E-state index in [1.807, 2.05) is 38.1 Å². The van der Waals surface area contributed by atoms with Crippen molar-refractivity contribution in [3.05, 3.63) is 70.6 Å². The second-order valence-corrected chi connectivity index (χ2v) is 6.41. The van der Waals surface area contributed by atoms with Crippen molar-refractivity contribution in [3.63, 3.8) is 0 Å². The second-order valence-electron chi connectivity index (χ2n) is 4.57. The summed E-state index contributed by atoms with van der Waals surface area (Å²) in [6.45, 7) is 3.93. The summed E-state index contributed by atoms with van der Waals surface area (Å²) in [5.74, 6) is 0. The van der Waals surface area contributed by atoms with E-state index in [2.05, 4.69) is 0 Å². The second kappa shape index (κ2) is 5.41. The van der Waals surface area contributed by atoms with E-state index in [1.54, 1.807) is 30.3 Å². The molecular weight excluding hydrogens is 256 g/mol. The van der Waals surface area contributed by atoms with Gasteiger partial charge in [0.1, 0.15) is 0 Å². The van der Waals surface area contributed by atoms with E-state index in [1.165, 1.54) is 5.41 Å². The summed E-state index contributed by atoms with van der Waals surface area (Å²) in [5, 5.41) is 1.25. The minimum Gasteiger partial charge on any atom is -0.219 e. The number of benzene rings is 2. The third kappa shape index (κ3) is 3.55. The van der Waals surface area contributed by atoms with E-state index in [-0.39, 0.29) is 0 Å². The molecule has 0 fully saturated rings. The van der Waals surface area contributed by atoms with Crippen LogP contribution in [-0.2, 0) is 9.84 Å². The van der Waals surface area contributed by atoms with Gasteiger partial charge in [0.05, 0.1) is 4.90 Å². The number of hydrogen-bond donors (Lipinski definition) is 0. The fraction of sp³-hybridized carbons (Fsp3) is 0.125. The molecule has 0 atom stereocenters. The van der Waals surface area contributed by atoms with Crippen LogP contribution in [0.5, 0.6) is 0 Å². The quantitative estimate of drug-likeness (QED) is 0.852. The van der Waals surface area contributed by atoms with Gasteiger partial charge >= 0.3 is 0 Å². The van der Waals surface area contributed by atoms with Crippen molar-refractivity contribution in [2.75, 3.05) is 0 Å². The van der Waals surface area contributed by atoms with Gasteiger partial charge in [0.15, 0.2) is 9.84 Å². The zero-order chi connectivity index (χ0) is 13.9. The molecule has 0 saturated carbocycles. The van der Waals surface area contributed by atoms with Gasteiger partial charge in [-0.05, 0) is 37.6 Å². The van der Waals surface area contributed by atoms with Crippen LogP contribution in [0.15, 0.2) is 58.8 Å². The smallest absolute Gasteiger partial charge is 0.199 e. The summed E-state index contributed by atoms with van der Waals surface area (Å²) in [4.78, 5) is 0.321. The molecule has 0 aromatic heterocycles. The molecule has 2 aromatic carbocycles. The van der Waals surface area contributed by atoms with Gasteiger partial charge in [-0.2, -0.15) is 0 Å². The van der Waals surface area contributed by atoms with Gasteiger partial charge in [0, 0.05) is 5.41 Å². The molecule has 98 valence electrons. The molecule has 0 spiro atoms. The average Bonchev–Trinajstić information content (AvgIpc) is 2.39. The van der Waals surface area contributed by atoms with Gasteiger partial charge in [0.2, 0.25) is 0 Å². The fourth-order valence-corrected chi connectivity index (χ4v) is 2.66. The van der Waals surface area contributed by atoms with Crippen molar-refractivity contribution < 1.29 is 8.42 Å². The van der Waals surface area contributed by atoms with Crippen LogP contribution in [0.2, 0.25) is 0 Å². The lowest BCUT2D eigenvalue weighted by Crippen LogP contribution is -1.95. The number of hydrogen-bond acceptors (Lipinski definition) is 2. The Morgan fingerprint density at radius 3 is 1.79 bits per heavy atom. The van der Waals surface area contributed by atoms with Crippen LogP contribution in [-0.4, -0.2) is 8.42 Å². The molecule has 0 unspecified atom stereocenters. The predicted octanol–water partition coefficient (Wildman–Crippen LogP) is 3.75. The minimum absolute atomic E-state index is 0.321. The van der Waals surface area contributed by atoms with Gasteiger partial charge in [0.25, 0.3) is 0 Å². The Hall–Kier alpha value is -1.87. The maximum atomic E-state index is 12.1. The van der Waals surface area contributed by atoms with E-state index in [9.17, 15) is 8.42 Å². The lowest BCUT2D eigenvalue weighted by molar-refractivity contribution is 0.605. The Kier molecular flexibility index (Phi) is 3.86. The van der Waals surface area contributed by atoms with E-state index in [0.717, 1.165) is 16.7 Å². The zero-order valence-electron chi connectivity index (χ0n) is 11.0. The highest BCUT2D eigenvalue weighted by Gasteiger charge is 2.09. The van der Waals surface area contributed by atoms with E-state index in [4.69, 9.17) is 0 Å². The predicted molar refractivity (Wildman–Crippen MR) is 78.6 cm³/mol. The number of aryl methyl sites for hydroxylation is 2. The molecule has 0 saturated heterocycles. The van der Waals surface area contributed by atoms with Crippen LogP contribution < -0.4 is 0 Å². The third-order valence-electron chi connectivity index (χ3n) is 2.87. The molecule has 0 radical (unpaired) electrons. The molecule has 0 aliphatic rings. The first-order valence-electron chi connectivity index (χ1n) is 6.04. The van der Waals surface area contributed by atoms with Crippen molar-refractivity contribution in [1.82, 2.24) is 0 Å². The standard InChI is InChI=1S/C16H16O2S/c1-13-3-7-15(8-4-13)11-12-19(17,18)16-9-5-14(2)6-10-16/h3-12H,1-2H3/b12-11+. The van der Waals surface area contributed by atoms with Crippen molar-refractivity contribution in [1.29, 1.82) is 0 Å². The first-order valence-corrected chi connectivity index (χ1v) is 7.58. The molecule has 0 aliphatic carbocycles. The molecule has 0 heterocycles. The summed E-state index contributed by atoms with van der Waals surface area (Å²) >= 11 is 0. The number of rotatable bonds is 3. The van der Waals surface area contributed by atoms with Gasteiger partial charge in [-0.3, -0.25) is 0 Å². The van der Waals surface area contributed by atoms with Crippen molar-refractivity contribution in [2.45, 2.75) is 18.7 Å². The first kappa shape index (κ1) is 13.6. The summed E-state index contributed by atoms with van der Waals surface area (Å²) in [6.07, 6.45) is 1.62. The highest BCUT2D eigenvalue weighted by Crippen LogP contribution is 2.15. The van der Waals surface area contributed by atoms with Crippen LogP contribution in [0.1, 0.15) is 16.7 Å². The summed E-state index contributed by atoms with van der Waals surface area (Å²) < 4.78 is 24.2. The SMILES string of the molecule is Cc1ccc(/C=C/S(=O)(=O)c2ccc(C)cc2)cc1. The number of sulfone groups is 1. The Balaban J connectivity index is 2.26. The van der Waals surface area contributed by atoms with E-state index < -0.39 is 9.84 Å². The molecule has 0 aliphatic heterocycles. The van der Waals surface area contributed by atoms with Crippen LogP contribution in [0.4, 0.5) is 0 Å². The van der Waals surface area contributed by atoms with E-state index in [0.29, 0.717) is 4.90 Å². The van der Waals surface area contributed by atoms with Crippen LogP contribution >= 0.6 is 0 Å². The van der Waals surface area contributed by atoms with E-state index >= 15 is 0 Å². The highest BCUT2D eigenvalue weighted by molar-refractivity contribution is 7.94. The molecule has 2 rings (SSSR count). The molecule has 0 bridgehead atoms.